The van der Waals surface area contributed by atoms with Crippen molar-refractivity contribution in [1.82, 2.24) is 4.98 Å². The predicted octanol–water partition coefficient (Wildman–Crippen LogP) is 6.48. The van der Waals surface area contributed by atoms with E-state index in [-0.39, 0.29) is 17.8 Å². The molecule has 1 aromatic heterocycles. The van der Waals surface area contributed by atoms with Crippen LogP contribution in [0.15, 0.2) is 41.3 Å². The summed E-state index contributed by atoms with van der Waals surface area (Å²) in [4.78, 5) is 20.7. The van der Waals surface area contributed by atoms with E-state index in [9.17, 15) is 9.18 Å². The molecule has 0 bridgehead atoms. The molecule has 1 atom stereocenters. The number of nitrogens with zero attached hydrogens (tertiary/aromatic N) is 2. The van der Waals surface area contributed by atoms with Crippen molar-refractivity contribution < 1.29 is 13.9 Å². The van der Waals surface area contributed by atoms with Crippen LogP contribution in [-0.2, 0) is 9.53 Å². The Morgan fingerprint density at radius 1 is 1.32 bits per heavy atom. The fourth-order valence-corrected chi connectivity index (χ4v) is 5.76. The van der Waals surface area contributed by atoms with Crippen LogP contribution in [0.5, 0.6) is 0 Å². The molecule has 1 amide bonds. The van der Waals surface area contributed by atoms with E-state index in [0.717, 1.165) is 52.3 Å². The minimum absolute atomic E-state index is 0.0427. The monoisotopic (exact) mass is 478 g/mol. The molecule has 1 aliphatic heterocycles. The van der Waals surface area contributed by atoms with Crippen molar-refractivity contribution in [1.29, 1.82) is 0 Å². The summed E-state index contributed by atoms with van der Waals surface area (Å²) in [6, 6.07) is 10.3. The van der Waals surface area contributed by atoms with E-state index in [0.29, 0.717) is 23.1 Å². The van der Waals surface area contributed by atoms with Crippen LogP contribution in [0.4, 0.5) is 9.52 Å². The van der Waals surface area contributed by atoms with Gasteiger partial charge in [-0.2, -0.15) is 0 Å². The highest BCUT2D eigenvalue weighted by molar-refractivity contribution is 7.99. The Kier molecular flexibility index (Phi) is 7.48. The zero-order valence-corrected chi connectivity index (χ0v) is 19.7. The number of aryl methyl sites for hydroxylation is 1. The van der Waals surface area contributed by atoms with Crippen molar-refractivity contribution in [3.05, 3.63) is 52.8 Å². The highest BCUT2D eigenvalue weighted by Gasteiger charge is 2.26. The fourth-order valence-electron chi connectivity index (χ4n) is 3.56. The van der Waals surface area contributed by atoms with Gasteiger partial charge >= 0.3 is 0 Å². The number of amides is 1. The summed E-state index contributed by atoms with van der Waals surface area (Å²) in [5.41, 5.74) is 1.90. The Hall–Kier alpha value is -1.67. The topological polar surface area (TPSA) is 42.4 Å². The number of hydrogen-bond donors (Lipinski definition) is 0. The van der Waals surface area contributed by atoms with E-state index in [1.807, 2.05) is 19.1 Å². The lowest BCUT2D eigenvalue weighted by molar-refractivity contribution is -0.119. The largest absolute Gasteiger partial charge is 0.376 e. The van der Waals surface area contributed by atoms with Crippen molar-refractivity contribution in [2.75, 3.05) is 23.8 Å². The number of carbonyl (C=O) groups is 1. The number of thioether (sulfide) groups is 1. The van der Waals surface area contributed by atoms with E-state index < -0.39 is 0 Å². The normalized spacial score (nSPS) is 16.2. The molecule has 3 aromatic rings. The molecule has 8 heteroatoms. The van der Waals surface area contributed by atoms with Crippen LogP contribution in [0, 0.1) is 12.7 Å². The fraction of sp³-hybridized carbons (Fsp3) is 0.391. The molecule has 1 unspecified atom stereocenters. The van der Waals surface area contributed by atoms with Gasteiger partial charge in [-0.05, 0) is 67.8 Å². The molecular weight excluding hydrogens is 455 g/mol. The van der Waals surface area contributed by atoms with Crippen LogP contribution in [0.2, 0.25) is 5.02 Å². The number of halogens is 2. The number of aromatic nitrogens is 1. The number of anilines is 1. The molecule has 164 valence electrons. The molecular formula is C23H24ClFN2O2S2. The van der Waals surface area contributed by atoms with Gasteiger partial charge in [0.1, 0.15) is 5.82 Å². The van der Waals surface area contributed by atoms with E-state index in [1.165, 1.54) is 23.5 Å². The first-order valence-corrected chi connectivity index (χ1v) is 12.6. The number of hydrogen-bond acceptors (Lipinski definition) is 5. The summed E-state index contributed by atoms with van der Waals surface area (Å²) in [6.07, 6.45) is 3.17. The van der Waals surface area contributed by atoms with Crippen LogP contribution < -0.4 is 4.90 Å². The van der Waals surface area contributed by atoms with E-state index in [2.05, 4.69) is 0 Å². The minimum Gasteiger partial charge on any atom is -0.376 e. The molecule has 0 spiro atoms. The summed E-state index contributed by atoms with van der Waals surface area (Å²) < 4.78 is 19.7. The lowest BCUT2D eigenvalue weighted by atomic mass is 10.2. The number of thiazole rings is 1. The second-order valence-corrected chi connectivity index (χ2v) is 10.1. The summed E-state index contributed by atoms with van der Waals surface area (Å²) in [5.74, 6) is 0.592. The average molecular weight is 479 g/mol. The molecule has 2 aromatic carbocycles. The van der Waals surface area contributed by atoms with Gasteiger partial charge < -0.3 is 4.74 Å². The first-order valence-electron chi connectivity index (χ1n) is 10.4. The molecule has 1 fully saturated rings. The highest BCUT2D eigenvalue weighted by atomic mass is 35.5. The Morgan fingerprint density at radius 2 is 2.13 bits per heavy atom. The van der Waals surface area contributed by atoms with Crippen LogP contribution in [0.1, 0.15) is 31.2 Å². The molecule has 1 aliphatic rings. The first kappa shape index (κ1) is 22.5. The maximum absolute atomic E-state index is 13.2. The lowest BCUT2D eigenvalue weighted by Crippen LogP contribution is -2.37. The number of fused-ring (bicyclic) bond motifs is 1. The van der Waals surface area contributed by atoms with E-state index in [4.69, 9.17) is 21.3 Å². The zero-order valence-electron chi connectivity index (χ0n) is 17.3. The van der Waals surface area contributed by atoms with Crippen LogP contribution >= 0.6 is 34.7 Å². The maximum atomic E-state index is 13.2. The highest BCUT2D eigenvalue weighted by Crippen LogP contribution is 2.36. The van der Waals surface area contributed by atoms with Gasteiger partial charge in [0.25, 0.3) is 0 Å². The summed E-state index contributed by atoms with van der Waals surface area (Å²) in [5, 5.41) is 1.34. The quantitative estimate of drug-likeness (QED) is 0.274. The molecule has 1 saturated heterocycles. The van der Waals surface area contributed by atoms with E-state index >= 15 is 0 Å². The summed E-state index contributed by atoms with van der Waals surface area (Å²) in [6.45, 7) is 3.26. The predicted molar refractivity (Wildman–Crippen MR) is 127 cm³/mol. The van der Waals surface area contributed by atoms with E-state index in [1.54, 1.807) is 28.8 Å². The van der Waals surface area contributed by atoms with Crippen LogP contribution in [-0.4, -0.2) is 35.9 Å². The van der Waals surface area contributed by atoms with Gasteiger partial charge in [0.2, 0.25) is 5.91 Å². The smallest absolute Gasteiger partial charge is 0.228 e. The SMILES string of the molecule is Cc1ccc(Cl)c2sc(N(CC3CCCO3)C(=O)CCCSc3ccc(F)cc3)nc12. The molecule has 0 radical (unpaired) electrons. The van der Waals surface area contributed by atoms with Crippen molar-refractivity contribution in [3.8, 4) is 0 Å². The Labute approximate surface area is 194 Å². The van der Waals surface area contributed by atoms with Gasteiger partial charge in [0, 0.05) is 17.9 Å². The second-order valence-electron chi connectivity index (χ2n) is 7.58. The van der Waals surface area contributed by atoms with Crippen LogP contribution in [0.3, 0.4) is 0 Å². The zero-order chi connectivity index (χ0) is 21.8. The third-order valence-electron chi connectivity index (χ3n) is 5.25. The summed E-state index contributed by atoms with van der Waals surface area (Å²) >= 11 is 9.47. The number of benzene rings is 2. The van der Waals surface area contributed by atoms with Gasteiger partial charge in [0.05, 0.1) is 27.9 Å². The van der Waals surface area contributed by atoms with Crippen molar-refractivity contribution in [3.63, 3.8) is 0 Å². The molecule has 4 rings (SSSR count). The van der Waals surface area contributed by atoms with Gasteiger partial charge in [-0.3, -0.25) is 9.69 Å². The van der Waals surface area contributed by atoms with Crippen molar-refractivity contribution >= 4 is 56.0 Å². The van der Waals surface area contributed by atoms with Crippen molar-refractivity contribution in [2.24, 2.45) is 0 Å². The Morgan fingerprint density at radius 3 is 2.84 bits per heavy atom. The number of rotatable bonds is 8. The van der Waals surface area contributed by atoms with Gasteiger partial charge in [-0.25, -0.2) is 9.37 Å². The number of carbonyl (C=O) groups excluding carboxylic acids is 1. The Balaban J connectivity index is 1.45. The molecule has 2 heterocycles. The molecule has 31 heavy (non-hydrogen) atoms. The number of ether oxygens (including phenoxy) is 1. The van der Waals surface area contributed by atoms with Gasteiger partial charge in [-0.15, -0.1) is 11.8 Å². The first-order chi connectivity index (χ1) is 15.0. The maximum Gasteiger partial charge on any atom is 0.228 e. The standard InChI is InChI=1S/C23H24ClFN2O2S2/c1-15-6-11-19(24)22-21(15)26-23(31-22)27(14-17-4-2-12-29-17)20(28)5-3-13-30-18-9-7-16(25)8-10-18/h6-11,17H,2-5,12-14H2,1H3. The molecule has 4 nitrogen and oxygen atoms in total. The minimum atomic E-state index is -0.240. The van der Waals surface area contributed by atoms with Crippen molar-refractivity contribution in [2.45, 2.75) is 43.6 Å². The molecule has 0 saturated carbocycles. The summed E-state index contributed by atoms with van der Waals surface area (Å²) in [7, 11) is 0. The van der Waals surface area contributed by atoms with Crippen LogP contribution in [0.25, 0.3) is 10.2 Å². The Bertz CT molecular complexity index is 1010. The molecule has 0 N–H and O–H groups in total. The third-order valence-corrected chi connectivity index (χ3v) is 7.88. The second kappa shape index (κ2) is 10.3. The third kappa shape index (κ3) is 5.58. The van der Waals surface area contributed by atoms with Gasteiger partial charge in [0.15, 0.2) is 5.13 Å². The average Bonchev–Trinajstić information content (AvgIpc) is 3.44. The lowest BCUT2D eigenvalue weighted by Gasteiger charge is -2.23. The molecule has 0 aliphatic carbocycles. The van der Waals surface area contributed by atoms with Gasteiger partial charge in [-0.1, -0.05) is 29.0 Å².